The number of nitrogens with one attached hydrogen (secondary N) is 2. The lowest BCUT2D eigenvalue weighted by Crippen LogP contribution is -2.48. The Morgan fingerprint density at radius 2 is 2.29 bits per heavy atom. The molecule has 2 fully saturated rings. The monoisotopic (exact) mass is 237 g/mol. The molecule has 0 aliphatic carbocycles. The Morgan fingerprint density at radius 3 is 2.88 bits per heavy atom. The molecule has 1 atom stereocenters. The molecule has 96 valence electrons. The molecule has 2 heterocycles. The number of hydrogen-bond donors (Lipinski definition) is 2. The van der Waals surface area contributed by atoms with Crippen LogP contribution in [0.2, 0.25) is 0 Å². The van der Waals surface area contributed by atoms with Crippen molar-refractivity contribution in [2.45, 2.75) is 32.7 Å². The van der Waals surface area contributed by atoms with Crippen molar-refractivity contribution in [2.24, 2.45) is 0 Å². The molecule has 0 spiro atoms. The predicted molar refractivity (Wildman–Crippen MR) is 68.8 cm³/mol. The molecule has 0 bridgehead atoms. The summed E-state index contributed by atoms with van der Waals surface area (Å²) in [6.45, 7) is 9.13. The van der Waals surface area contributed by atoms with Gasteiger partial charge in [0.15, 0.2) is 0 Å². The van der Waals surface area contributed by atoms with Crippen LogP contribution in [0, 0.1) is 0 Å². The van der Waals surface area contributed by atoms with E-state index >= 15 is 0 Å². The number of carbonyl (C=O) groups is 1. The SMILES string of the molecule is CCN1CCCC(NC(=O)C(C)=C2CNC2)C1. The minimum atomic E-state index is 0.129. The van der Waals surface area contributed by atoms with Crippen LogP contribution >= 0.6 is 0 Å². The quantitative estimate of drug-likeness (QED) is 0.703. The van der Waals surface area contributed by atoms with Gasteiger partial charge in [0.05, 0.1) is 0 Å². The van der Waals surface area contributed by atoms with Gasteiger partial charge in [0.25, 0.3) is 0 Å². The van der Waals surface area contributed by atoms with Crippen molar-refractivity contribution in [1.29, 1.82) is 0 Å². The van der Waals surface area contributed by atoms with Gasteiger partial charge in [-0.25, -0.2) is 0 Å². The number of hydrogen-bond acceptors (Lipinski definition) is 3. The highest BCUT2D eigenvalue weighted by atomic mass is 16.1. The molecule has 0 aromatic heterocycles. The molecule has 17 heavy (non-hydrogen) atoms. The van der Waals surface area contributed by atoms with Crippen LogP contribution in [0.5, 0.6) is 0 Å². The van der Waals surface area contributed by atoms with E-state index in [0.717, 1.165) is 38.2 Å². The van der Waals surface area contributed by atoms with E-state index in [1.165, 1.54) is 18.5 Å². The zero-order valence-electron chi connectivity index (χ0n) is 10.9. The van der Waals surface area contributed by atoms with Gasteiger partial charge in [0.2, 0.25) is 5.91 Å². The van der Waals surface area contributed by atoms with Crippen molar-refractivity contribution in [3.8, 4) is 0 Å². The van der Waals surface area contributed by atoms with Gasteiger partial charge in [-0.15, -0.1) is 0 Å². The molecule has 0 saturated carbocycles. The molecule has 4 heteroatoms. The summed E-state index contributed by atoms with van der Waals surface area (Å²) in [5.41, 5.74) is 2.17. The van der Waals surface area contributed by atoms with Crippen LogP contribution in [0.1, 0.15) is 26.7 Å². The molecule has 2 rings (SSSR count). The van der Waals surface area contributed by atoms with Gasteiger partial charge in [-0.2, -0.15) is 0 Å². The van der Waals surface area contributed by atoms with Gasteiger partial charge in [-0.1, -0.05) is 6.92 Å². The van der Waals surface area contributed by atoms with Crippen LogP contribution in [0.15, 0.2) is 11.1 Å². The van der Waals surface area contributed by atoms with E-state index in [4.69, 9.17) is 0 Å². The Kier molecular flexibility index (Phi) is 4.18. The minimum absolute atomic E-state index is 0.129. The van der Waals surface area contributed by atoms with E-state index in [1.54, 1.807) is 0 Å². The number of likely N-dealkylation sites (N-methyl/N-ethyl adjacent to an activating group) is 1. The molecule has 1 amide bonds. The summed E-state index contributed by atoms with van der Waals surface area (Å²) in [6.07, 6.45) is 2.30. The summed E-state index contributed by atoms with van der Waals surface area (Å²) >= 11 is 0. The highest BCUT2D eigenvalue weighted by molar-refractivity contribution is 5.94. The third-order valence-corrected chi connectivity index (χ3v) is 3.84. The lowest BCUT2D eigenvalue weighted by molar-refractivity contribution is -0.118. The standard InChI is InChI=1S/C13H23N3O/c1-3-16-6-4-5-12(9-16)15-13(17)10(2)11-7-14-8-11/h12,14H,3-9H2,1-2H3,(H,15,17). The fourth-order valence-corrected chi connectivity index (χ4v) is 2.43. The van der Waals surface area contributed by atoms with E-state index in [0.29, 0.717) is 6.04 Å². The molecule has 0 aromatic carbocycles. The van der Waals surface area contributed by atoms with Gasteiger partial charge >= 0.3 is 0 Å². The number of rotatable bonds is 3. The van der Waals surface area contributed by atoms with Gasteiger partial charge in [0.1, 0.15) is 0 Å². The second-order valence-corrected chi connectivity index (χ2v) is 5.04. The smallest absolute Gasteiger partial charge is 0.247 e. The maximum Gasteiger partial charge on any atom is 0.247 e. The van der Waals surface area contributed by atoms with Crippen molar-refractivity contribution in [3.63, 3.8) is 0 Å². The molecular weight excluding hydrogens is 214 g/mol. The number of carbonyl (C=O) groups excluding carboxylic acids is 1. The Labute approximate surface area is 103 Å². The van der Waals surface area contributed by atoms with Crippen LogP contribution in [0.4, 0.5) is 0 Å². The third kappa shape index (κ3) is 3.07. The van der Waals surface area contributed by atoms with E-state index in [1.807, 2.05) is 6.92 Å². The Balaban J connectivity index is 1.85. The van der Waals surface area contributed by atoms with Crippen LogP contribution in [0.3, 0.4) is 0 Å². The maximum atomic E-state index is 12.0. The molecule has 2 aliphatic heterocycles. The average molecular weight is 237 g/mol. The number of nitrogens with zero attached hydrogens (tertiary/aromatic N) is 1. The largest absolute Gasteiger partial charge is 0.348 e. The van der Waals surface area contributed by atoms with Gasteiger partial charge in [-0.3, -0.25) is 4.79 Å². The summed E-state index contributed by atoms with van der Waals surface area (Å²) in [7, 11) is 0. The molecule has 2 aliphatic rings. The van der Waals surface area contributed by atoms with Crippen molar-refractivity contribution in [2.75, 3.05) is 32.7 Å². The topological polar surface area (TPSA) is 44.4 Å². The first kappa shape index (κ1) is 12.6. The second kappa shape index (κ2) is 5.65. The van der Waals surface area contributed by atoms with Crippen molar-refractivity contribution in [1.82, 2.24) is 15.5 Å². The lowest BCUT2D eigenvalue weighted by Gasteiger charge is -2.32. The predicted octanol–water partition coefficient (Wildman–Crippen LogP) is 0.507. The Hall–Kier alpha value is -0.870. The molecule has 1 unspecified atom stereocenters. The number of likely N-dealkylation sites (tertiary alicyclic amines) is 1. The van der Waals surface area contributed by atoms with E-state index < -0.39 is 0 Å². The lowest BCUT2D eigenvalue weighted by atomic mass is 10.0. The molecule has 2 N–H and O–H groups in total. The Morgan fingerprint density at radius 1 is 1.53 bits per heavy atom. The fourth-order valence-electron chi connectivity index (χ4n) is 2.43. The first-order valence-electron chi connectivity index (χ1n) is 6.63. The minimum Gasteiger partial charge on any atom is -0.348 e. The van der Waals surface area contributed by atoms with Crippen molar-refractivity contribution in [3.05, 3.63) is 11.1 Å². The average Bonchev–Trinajstić information content (AvgIpc) is 2.27. The van der Waals surface area contributed by atoms with Gasteiger partial charge < -0.3 is 15.5 Å². The van der Waals surface area contributed by atoms with Crippen molar-refractivity contribution < 1.29 is 4.79 Å². The summed E-state index contributed by atoms with van der Waals surface area (Å²) in [5, 5.41) is 6.34. The van der Waals surface area contributed by atoms with Crippen LogP contribution in [0.25, 0.3) is 0 Å². The summed E-state index contributed by atoms with van der Waals surface area (Å²) in [6, 6.07) is 0.333. The second-order valence-electron chi connectivity index (χ2n) is 5.04. The van der Waals surface area contributed by atoms with Gasteiger partial charge in [0, 0.05) is 31.2 Å². The third-order valence-electron chi connectivity index (χ3n) is 3.84. The maximum absolute atomic E-state index is 12.0. The number of amides is 1. The van der Waals surface area contributed by atoms with Crippen LogP contribution in [-0.2, 0) is 4.79 Å². The molecule has 0 radical (unpaired) electrons. The van der Waals surface area contributed by atoms with Crippen molar-refractivity contribution >= 4 is 5.91 Å². The molecule has 4 nitrogen and oxygen atoms in total. The first-order chi connectivity index (χ1) is 8.20. The first-order valence-corrected chi connectivity index (χ1v) is 6.63. The highest BCUT2D eigenvalue weighted by Crippen LogP contribution is 2.12. The zero-order valence-corrected chi connectivity index (χ0v) is 10.9. The van der Waals surface area contributed by atoms with E-state index in [2.05, 4.69) is 22.5 Å². The van der Waals surface area contributed by atoms with E-state index in [9.17, 15) is 4.79 Å². The van der Waals surface area contributed by atoms with Crippen LogP contribution < -0.4 is 10.6 Å². The zero-order chi connectivity index (χ0) is 12.3. The number of piperidine rings is 1. The van der Waals surface area contributed by atoms with Crippen LogP contribution in [-0.4, -0.2) is 49.6 Å². The summed E-state index contributed by atoms with van der Waals surface area (Å²) in [4.78, 5) is 14.4. The Bertz CT molecular complexity index is 319. The molecular formula is C13H23N3O. The fraction of sp³-hybridized carbons (Fsp3) is 0.769. The molecule has 0 aromatic rings. The van der Waals surface area contributed by atoms with Gasteiger partial charge in [-0.05, 0) is 38.4 Å². The molecule has 2 saturated heterocycles. The summed E-state index contributed by atoms with van der Waals surface area (Å²) in [5.74, 6) is 0.129. The summed E-state index contributed by atoms with van der Waals surface area (Å²) < 4.78 is 0. The van der Waals surface area contributed by atoms with E-state index in [-0.39, 0.29) is 5.91 Å². The normalized spacial score (nSPS) is 25.3. The highest BCUT2D eigenvalue weighted by Gasteiger charge is 2.22.